The summed E-state index contributed by atoms with van der Waals surface area (Å²) in [6.45, 7) is 9.12. The number of anilines is 1. The van der Waals surface area contributed by atoms with E-state index in [-0.39, 0.29) is 29.8 Å². The normalized spacial score (nSPS) is 14.3. The summed E-state index contributed by atoms with van der Waals surface area (Å²) in [6.07, 6.45) is 0. The topological polar surface area (TPSA) is 48.9 Å². The number of aliphatic imine (C=N–C) groups is 1. The first-order chi connectivity index (χ1) is 13.7. The Kier molecular flexibility index (Phi) is 9.66. The van der Waals surface area contributed by atoms with Gasteiger partial charge in [0.15, 0.2) is 5.96 Å². The van der Waals surface area contributed by atoms with E-state index in [9.17, 15) is 4.39 Å². The van der Waals surface area contributed by atoms with Gasteiger partial charge in [-0.15, -0.1) is 24.0 Å². The van der Waals surface area contributed by atoms with Crippen LogP contribution in [0.3, 0.4) is 0 Å². The fourth-order valence-electron chi connectivity index (χ4n) is 3.08. The van der Waals surface area contributed by atoms with Crippen molar-refractivity contribution < 1.29 is 9.13 Å². The molecule has 29 heavy (non-hydrogen) atoms. The molecule has 1 saturated heterocycles. The first-order valence-electron chi connectivity index (χ1n) is 9.84. The molecule has 0 radical (unpaired) electrons. The molecule has 2 aromatic carbocycles. The molecule has 0 spiro atoms. The van der Waals surface area contributed by atoms with Gasteiger partial charge < -0.3 is 20.3 Å². The molecule has 7 heteroatoms. The van der Waals surface area contributed by atoms with Crippen molar-refractivity contribution >= 4 is 35.6 Å². The van der Waals surface area contributed by atoms with E-state index in [0.717, 1.165) is 44.4 Å². The Morgan fingerprint density at radius 2 is 1.76 bits per heavy atom. The molecule has 2 N–H and O–H groups in total. The Morgan fingerprint density at radius 3 is 2.41 bits per heavy atom. The van der Waals surface area contributed by atoms with Crippen LogP contribution in [0.2, 0.25) is 0 Å². The lowest BCUT2D eigenvalue weighted by Gasteiger charge is -2.28. The molecular formula is C22H30FIN4O. The monoisotopic (exact) mass is 512 g/mol. The Labute approximate surface area is 189 Å². The number of aryl methyl sites for hydroxylation is 1. The number of ether oxygens (including phenoxy) is 1. The lowest BCUT2D eigenvalue weighted by molar-refractivity contribution is 0.122. The second-order valence-electron chi connectivity index (χ2n) is 6.90. The molecule has 0 saturated carbocycles. The minimum Gasteiger partial charge on any atom is -0.378 e. The van der Waals surface area contributed by atoms with Crippen molar-refractivity contribution in [3.8, 4) is 0 Å². The number of benzene rings is 2. The molecule has 0 atom stereocenters. The van der Waals surface area contributed by atoms with Crippen LogP contribution in [0.15, 0.2) is 47.5 Å². The summed E-state index contributed by atoms with van der Waals surface area (Å²) in [4.78, 5) is 6.91. The van der Waals surface area contributed by atoms with Crippen LogP contribution in [0.25, 0.3) is 0 Å². The van der Waals surface area contributed by atoms with E-state index in [4.69, 9.17) is 4.74 Å². The van der Waals surface area contributed by atoms with Gasteiger partial charge >= 0.3 is 0 Å². The van der Waals surface area contributed by atoms with Gasteiger partial charge in [0.25, 0.3) is 0 Å². The molecule has 5 nitrogen and oxygen atoms in total. The summed E-state index contributed by atoms with van der Waals surface area (Å²) in [5.41, 5.74) is 3.92. The number of hydrogen-bond donors (Lipinski definition) is 2. The Bertz CT molecular complexity index is 792. The van der Waals surface area contributed by atoms with Gasteiger partial charge in [0, 0.05) is 31.9 Å². The van der Waals surface area contributed by atoms with E-state index in [0.29, 0.717) is 18.7 Å². The number of guanidine groups is 1. The van der Waals surface area contributed by atoms with Crippen molar-refractivity contribution in [1.82, 2.24) is 10.6 Å². The predicted molar refractivity (Wildman–Crippen MR) is 128 cm³/mol. The lowest BCUT2D eigenvalue weighted by Crippen LogP contribution is -2.37. The maximum Gasteiger partial charge on any atom is 0.191 e. The van der Waals surface area contributed by atoms with E-state index in [1.807, 2.05) is 13.0 Å². The second-order valence-corrected chi connectivity index (χ2v) is 6.90. The summed E-state index contributed by atoms with van der Waals surface area (Å²) in [6, 6.07) is 13.8. The molecule has 1 aliphatic rings. The van der Waals surface area contributed by atoms with Gasteiger partial charge in [0.05, 0.1) is 19.8 Å². The minimum absolute atomic E-state index is 0. The van der Waals surface area contributed by atoms with E-state index in [1.165, 1.54) is 11.3 Å². The van der Waals surface area contributed by atoms with Crippen LogP contribution in [0, 0.1) is 12.7 Å². The maximum absolute atomic E-state index is 13.7. The van der Waals surface area contributed by atoms with Crippen LogP contribution in [-0.2, 0) is 17.8 Å². The maximum atomic E-state index is 13.7. The third-order valence-electron chi connectivity index (χ3n) is 4.77. The van der Waals surface area contributed by atoms with Crippen LogP contribution >= 0.6 is 24.0 Å². The fourth-order valence-corrected chi connectivity index (χ4v) is 3.08. The van der Waals surface area contributed by atoms with Crippen molar-refractivity contribution in [2.45, 2.75) is 26.9 Å². The molecule has 1 aliphatic heterocycles. The van der Waals surface area contributed by atoms with Crippen molar-refractivity contribution in [1.29, 1.82) is 0 Å². The highest BCUT2D eigenvalue weighted by molar-refractivity contribution is 14.0. The second kappa shape index (κ2) is 12.0. The van der Waals surface area contributed by atoms with Crippen LogP contribution in [0.5, 0.6) is 0 Å². The quantitative estimate of drug-likeness (QED) is 0.351. The zero-order valence-electron chi connectivity index (χ0n) is 17.1. The molecule has 158 valence electrons. The molecular weight excluding hydrogens is 482 g/mol. The lowest BCUT2D eigenvalue weighted by atomic mass is 10.1. The van der Waals surface area contributed by atoms with Crippen LogP contribution in [0.4, 0.5) is 10.1 Å². The largest absolute Gasteiger partial charge is 0.378 e. The van der Waals surface area contributed by atoms with Crippen molar-refractivity contribution in [2.75, 3.05) is 37.7 Å². The summed E-state index contributed by atoms with van der Waals surface area (Å²) in [5, 5.41) is 6.58. The number of morpholine rings is 1. The van der Waals surface area contributed by atoms with Gasteiger partial charge in [-0.3, -0.25) is 0 Å². The van der Waals surface area contributed by atoms with Gasteiger partial charge in [0.1, 0.15) is 5.82 Å². The number of nitrogens with zero attached hydrogens (tertiary/aromatic N) is 2. The highest BCUT2D eigenvalue weighted by Crippen LogP contribution is 2.16. The third kappa shape index (κ3) is 7.15. The Balaban J connectivity index is 0.00000300. The average Bonchev–Trinajstić information content (AvgIpc) is 2.73. The fraction of sp³-hybridized carbons (Fsp3) is 0.409. The van der Waals surface area contributed by atoms with E-state index < -0.39 is 0 Å². The van der Waals surface area contributed by atoms with Gasteiger partial charge in [-0.05, 0) is 48.7 Å². The van der Waals surface area contributed by atoms with Crippen molar-refractivity contribution in [2.24, 2.45) is 4.99 Å². The van der Waals surface area contributed by atoms with Crippen LogP contribution in [-0.4, -0.2) is 38.8 Å². The van der Waals surface area contributed by atoms with Crippen molar-refractivity contribution in [3.05, 3.63) is 65.0 Å². The van der Waals surface area contributed by atoms with Gasteiger partial charge in [-0.25, -0.2) is 9.38 Å². The third-order valence-corrected chi connectivity index (χ3v) is 4.77. The van der Waals surface area contributed by atoms with Gasteiger partial charge in [0.2, 0.25) is 0 Å². The molecule has 2 aromatic rings. The SMILES string of the molecule is CCNC(=NCc1ccc(C)c(F)c1)NCc1ccc(N2CCOCC2)cc1.I. The number of halogens is 2. The summed E-state index contributed by atoms with van der Waals surface area (Å²) >= 11 is 0. The van der Waals surface area contributed by atoms with E-state index in [2.05, 4.69) is 44.8 Å². The summed E-state index contributed by atoms with van der Waals surface area (Å²) < 4.78 is 19.1. The summed E-state index contributed by atoms with van der Waals surface area (Å²) in [5.74, 6) is 0.534. The molecule has 0 aromatic heterocycles. The van der Waals surface area contributed by atoms with Crippen LogP contribution < -0.4 is 15.5 Å². The number of hydrogen-bond acceptors (Lipinski definition) is 3. The Hall–Kier alpha value is -1.87. The molecule has 1 fully saturated rings. The van der Waals surface area contributed by atoms with E-state index in [1.54, 1.807) is 19.1 Å². The predicted octanol–water partition coefficient (Wildman–Crippen LogP) is 3.84. The van der Waals surface area contributed by atoms with Gasteiger partial charge in [-0.1, -0.05) is 24.3 Å². The standard InChI is InChI=1S/C22H29FN4O.HI/c1-3-24-22(26-16-19-5-4-17(2)21(23)14-19)25-15-18-6-8-20(9-7-18)27-10-12-28-13-11-27;/h4-9,14H,3,10-13,15-16H2,1-2H3,(H2,24,25,26);1H. The highest BCUT2D eigenvalue weighted by Gasteiger charge is 2.10. The van der Waals surface area contributed by atoms with Gasteiger partial charge in [-0.2, -0.15) is 0 Å². The molecule has 0 aliphatic carbocycles. The first kappa shape index (κ1) is 23.4. The molecule has 0 unspecified atom stereocenters. The zero-order valence-corrected chi connectivity index (χ0v) is 19.4. The minimum atomic E-state index is -0.189. The zero-order chi connectivity index (χ0) is 19.8. The average molecular weight is 512 g/mol. The van der Waals surface area contributed by atoms with Crippen LogP contribution in [0.1, 0.15) is 23.6 Å². The molecule has 0 bridgehead atoms. The van der Waals surface area contributed by atoms with E-state index >= 15 is 0 Å². The first-order valence-corrected chi connectivity index (χ1v) is 9.84. The smallest absolute Gasteiger partial charge is 0.191 e. The molecule has 0 amide bonds. The molecule has 3 rings (SSSR count). The molecule has 1 heterocycles. The highest BCUT2D eigenvalue weighted by atomic mass is 127. The number of rotatable bonds is 6. The Morgan fingerprint density at radius 1 is 1.07 bits per heavy atom. The number of nitrogens with one attached hydrogen (secondary N) is 2. The summed E-state index contributed by atoms with van der Waals surface area (Å²) in [7, 11) is 0. The van der Waals surface area contributed by atoms with Crippen molar-refractivity contribution in [3.63, 3.8) is 0 Å².